The van der Waals surface area contributed by atoms with Crippen molar-refractivity contribution in [1.29, 1.82) is 5.26 Å². The third-order valence-corrected chi connectivity index (χ3v) is 1.78. The monoisotopic (exact) mass is 193 g/mol. The molecular weight excluding hydrogens is 182 g/mol. The normalized spacial score (nSPS) is 11.7. The van der Waals surface area contributed by atoms with Gasteiger partial charge < -0.3 is 5.32 Å². The molecule has 1 aromatic heterocycles. The van der Waals surface area contributed by atoms with Crippen LogP contribution >= 0.6 is 0 Å². The first-order valence-corrected chi connectivity index (χ1v) is 4.29. The van der Waals surface area contributed by atoms with Gasteiger partial charge in [-0.3, -0.25) is 9.89 Å². The predicted molar refractivity (Wildman–Crippen MR) is 47.6 cm³/mol. The smallest absolute Gasteiger partial charge is 0.237 e. The summed E-state index contributed by atoms with van der Waals surface area (Å²) < 4.78 is 0. The topological polar surface area (TPSA) is 94.5 Å². The summed E-state index contributed by atoms with van der Waals surface area (Å²) in [4.78, 5) is 15.1. The molecule has 1 heterocycles. The van der Waals surface area contributed by atoms with E-state index in [9.17, 15) is 4.79 Å². The molecule has 0 saturated carbocycles. The molecule has 0 fully saturated rings. The number of nitrogens with zero attached hydrogens (tertiary/aromatic N) is 3. The molecular formula is C8H11N5O. The van der Waals surface area contributed by atoms with Gasteiger partial charge in [-0.25, -0.2) is 4.98 Å². The van der Waals surface area contributed by atoms with E-state index in [1.165, 1.54) is 6.33 Å². The molecule has 0 aliphatic rings. The number of carbonyl (C=O) groups is 1. The fourth-order valence-corrected chi connectivity index (χ4v) is 0.945. The zero-order valence-electron chi connectivity index (χ0n) is 7.82. The number of H-pyrrole nitrogens is 1. The van der Waals surface area contributed by atoms with Gasteiger partial charge in [0.15, 0.2) is 0 Å². The van der Waals surface area contributed by atoms with Gasteiger partial charge in [-0.2, -0.15) is 10.4 Å². The van der Waals surface area contributed by atoms with Crippen molar-refractivity contribution in [2.24, 2.45) is 5.92 Å². The van der Waals surface area contributed by atoms with Gasteiger partial charge in [0.2, 0.25) is 5.91 Å². The number of hydrogen-bond acceptors (Lipinski definition) is 4. The van der Waals surface area contributed by atoms with Crippen LogP contribution in [0.3, 0.4) is 0 Å². The van der Waals surface area contributed by atoms with E-state index < -0.39 is 5.92 Å². The molecule has 0 spiro atoms. The average molecular weight is 193 g/mol. The molecule has 0 saturated heterocycles. The van der Waals surface area contributed by atoms with E-state index in [1.807, 2.05) is 6.07 Å². The van der Waals surface area contributed by atoms with Crippen LogP contribution in [-0.4, -0.2) is 21.1 Å². The van der Waals surface area contributed by atoms with Crippen LogP contribution in [0.5, 0.6) is 0 Å². The Hall–Kier alpha value is -1.90. The lowest BCUT2D eigenvalue weighted by Gasteiger charge is -2.05. The van der Waals surface area contributed by atoms with Gasteiger partial charge in [0, 0.05) is 0 Å². The third kappa shape index (κ3) is 2.55. The van der Waals surface area contributed by atoms with Gasteiger partial charge in [0.1, 0.15) is 18.1 Å². The van der Waals surface area contributed by atoms with Crippen LogP contribution in [0.4, 0.5) is 0 Å². The molecule has 1 unspecified atom stereocenters. The average Bonchev–Trinajstić information content (AvgIpc) is 2.69. The highest BCUT2D eigenvalue weighted by Gasteiger charge is 2.14. The fraction of sp³-hybridized carbons (Fsp3) is 0.500. The molecule has 0 aliphatic carbocycles. The molecule has 0 aromatic carbocycles. The zero-order valence-corrected chi connectivity index (χ0v) is 7.82. The molecule has 14 heavy (non-hydrogen) atoms. The molecule has 1 amide bonds. The molecule has 0 bridgehead atoms. The Balaban J connectivity index is 2.39. The second-order valence-electron chi connectivity index (χ2n) is 2.74. The standard InChI is InChI=1S/C8H11N5O/c1-2-6(3-9)8(14)10-4-7-11-5-12-13-7/h5-6H,2,4H2,1H3,(H,10,14)(H,11,12,13). The van der Waals surface area contributed by atoms with Crippen LogP contribution in [0.15, 0.2) is 6.33 Å². The minimum Gasteiger partial charge on any atom is -0.348 e. The highest BCUT2D eigenvalue weighted by atomic mass is 16.1. The summed E-state index contributed by atoms with van der Waals surface area (Å²) in [5.74, 6) is -0.282. The number of nitriles is 1. The number of aromatic amines is 1. The molecule has 1 rings (SSSR count). The summed E-state index contributed by atoms with van der Waals surface area (Å²) in [6.45, 7) is 2.07. The summed E-state index contributed by atoms with van der Waals surface area (Å²) >= 11 is 0. The van der Waals surface area contributed by atoms with Crippen molar-refractivity contribution in [3.63, 3.8) is 0 Å². The van der Waals surface area contributed by atoms with Crippen molar-refractivity contribution in [2.45, 2.75) is 19.9 Å². The summed E-state index contributed by atoms with van der Waals surface area (Å²) in [6, 6.07) is 1.92. The second kappa shape index (κ2) is 4.97. The number of amides is 1. The van der Waals surface area contributed by atoms with Crippen molar-refractivity contribution in [3.05, 3.63) is 12.2 Å². The number of aromatic nitrogens is 3. The van der Waals surface area contributed by atoms with Crippen molar-refractivity contribution < 1.29 is 4.79 Å². The molecule has 0 aliphatic heterocycles. The Morgan fingerprint density at radius 3 is 3.14 bits per heavy atom. The molecule has 1 aromatic rings. The van der Waals surface area contributed by atoms with Crippen molar-refractivity contribution >= 4 is 5.91 Å². The van der Waals surface area contributed by atoms with Crippen LogP contribution in [0.2, 0.25) is 0 Å². The number of rotatable bonds is 4. The first-order chi connectivity index (χ1) is 6.77. The minimum atomic E-state index is -0.585. The van der Waals surface area contributed by atoms with E-state index in [4.69, 9.17) is 5.26 Å². The summed E-state index contributed by atoms with van der Waals surface area (Å²) in [5, 5.41) is 17.4. The van der Waals surface area contributed by atoms with Gasteiger partial charge in [-0.15, -0.1) is 0 Å². The quantitative estimate of drug-likeness (QED) is 0.702. The maximum Gasteiger partial charge on any atom is 0.237 e. The number of carbonyl (C=O) groups excluding carboxylic acids is 1. The van der Waals surface area contributed by atoms with Crippen molar-refractivity contribution in [3.8, 4) is 6.07 Å². The molecule has 74 valence electrons. The van der Waals surface area contributed by atoms with Crippen molar-refractivity contribution in [2.75, 3.05) is 0 Å². The van der Waals surface area contributed by atoms with E-state index in [0.717, 1.165) is 0 Å². The SMILES string of the molecule is CCC(C#N)C(=O)NCc1ncn[nH]1. The summed E-state index contributed by atoms with van der Waals surface area (Å²) in [7, 11) is 0. The molecule has 0 radical (unpaired) electrons. The van der Waals surface area contributed by atoms with E-state index >= 15 is 0 Å². The number of hydrogen-bond donors (Lipinski definition) is 2. The Kier molecular flexibility index (Phi) is 3.61. The van der Waals surface area contributed by atoms with Crippen LogP contribution in [0.25, 0.3) is 0 Å². The lowest BCUT2D eigenvalue weighted by atomic mass is 10.1. The molecule has 6 nitrogen and oxygen atoms in total. The Morgan fingerprint density at radius 1 is 1.86 bits per heavy atom. The Bertz CT molecular complexity index is 326. The lowest BCUT2D eigenvalue weighted by Crippen LogP contribution is -2.29. The fourth-order valence-electron chi connectivity index (χ4n) is 0.945. The maximum absolute atomic E-state index is 11.3. The molecule has 2 N–H and O–H groups in total. The minimum absolute atomic E-state index is 0.272. The Labute approximate surface area is 81.3 Å². The molecule has 1 atom stereocenters. The van der Waals surface area contributed by atoms with Gasteiger partial charge in [0.25, 0.3) is 0 Å². The highest BCUT2D eigenvalue weighted by Crippen LogP contribution is 2.00. The van der Waals surface area contributed by atoms with Crippen molar-refractivity contribution in [1.82, 2.24) is 20.5 Å². The van der Waals surface area contributed by atoms with E-state index in [1.54, 1.807) is 6.92 Å². The molecule has 6 heteroatoms. The van der Waals surface area contributed by atoms with E-state index in [0.29, 0.717) is 12.2 Å². The van der Waals surface area contributed by atoms with Gasteiger partial charge in [0.05, 0.1) is 12.6 Å². The summed E-state index contributed by atoms with van der Waals surface area (Å²) in [5.41, 5.74) is 0. The first-order valence-electron chi connectivity index (χ1n) is 4.29. The van der Waals surface area contributed by atoms with Crippen LogP contribution in [0.1, 0.15) is 19.2 Å². The van der Waals surface area contributed by atoms with E-state index in [-0.39, 0.29) is 12.5 Å². The van der Waals surface area contributed by atoms with Crippen LogP contribution < -0.4 is 5.32 Å². The lowest BCUT2D eigenvalue weighted by molar-refractivity contribution is -0.123. The van der Waals surface area contributed by atoms with Gasteiger partial charge >= 0.3 is 0 Å². The van der Waals surface area contributed by atoms with Gasteiger partial charge in [-0.05, 0) is 6.42 Å². The number of nitrogens with one attached hydrogen (secondary N) is 2. The van der Waals surface area contributed by atoms with E-state index in [2.05, 4.69) is 20.5 Å². The second-order valence-corrected chi connectivity index (χ2v) is 2.74. The Morgan fingerprint density at radius 2 is 2.64 bits per heavy atom. The van der Waals surface area contributed by atoms with Crippen LogP contribution in [0, 0.1) is 17.2 Å². The maximum atomic E-state index is 11.3. The third-order valence-electron chi connectivity index (χ3n) is 1.78. The highest BCUT2D eigenvalue weighted by molar-refractivity contribution is 5.80. The summed E-state index contributed by atoms with van der Waals surface area (Å²) in [6.07, 6.45) is 1.88. The first kappa shape index (κ1) is 10.2. The predicted octanol–water partition coefficient (Wildman–Crippen LogP) is -0.0293. The van der Waals surface area contributed by atoms with Crippen LogP contribution in [-0.2, 0) is 11.3 Å². The van der Waals surface area contributed by atoms with Gasteiger partial charge in [-0.1, -0.05) is 6.92 Å². The largest absolute Gasteiger partial charge is 0.348 e. The zero-order chi connectivity index (χ0) is 10.4.